The van der Waals surface area contributed by atoms with Gasteiger partial charge in [0.25, 0.3) is 0 Å². The lowest BCUT2D eigenvalue weighted by Crippen LogP contribution is -2.42. The van der Waals surface area contributed by atoms with Crippen LogP contribution >= 0.6 is 0 Å². The lowest BCUT2D eigenvalue weighted by Gasteiger charge is -2.21. The Bertz CT molecular complexity index is 629. The maximum absolute atomic E-state index is 12.0. The molecule has 0 aliphatic carbocycles. The van der Waals surface area contributed by atoms with Crippen LogP contribution in [-0.4, -0.2) is 25.3 Å². The number of rotatable bonds is 3. The van der Waals surface area contributed by atoms with Gasteiger partial charge in [0.05, 0.1) is 17.4 Å². The predicted octanol–water partition coefficient (Wildman–Crippen LogP) is 1.14. The lowest BCUT2D eigenvalue weighted by molar-refractivity contribution is -0.121. The number of benzene rings is 1. The van der Waals surface area contributed by atoms with E-state index in [2.05, 4.69) is 5.32 Å². The third-order valence-corrected chi connectivity index (χ3v) is 5.60. The smallest absolute Gasteiger partial charge is 0.238 e. The van der Waals surface area contributed by atoms with E-state index in [1.54, 1.807) is 24.3 Å². The van der Waals surface area contributed by atoms with Crippen molar-refractivity contribution in [2.45, 2.75) is 31.1 Å². The van der Waals surface area contributed by atoms with E-state index in [0.29, 0.717) is 18.4 Å². The SMILES string of the molecule is N#Cc1ccc(CNC(=O)C2CCCCS2(=O)=O)cc1. The maximum Gasteiger partial charge on any atom is 0.238 e. The summed E-state index contributed by atoms with van der Waals surface area (Å²) in [5, 5.41) is 10.4. The van der Waals surface area contributed by atoms with E-state index in [1.807, 2.05) is 6.07 Å². The number of carbonyl (C=O) groups excluding carboxylic acids is 1. The van der Waals surface area contributed by atoms with Gasteiger partial charge in [-0.3, -0.25) is 4.79 Å². The Kier molecular flexibility index (Phi) is 4.40. The van der Waals surface area contributed by atoms with Gasteiger partial charge in [0, 0.05) is 6.54 Å². The van der Waals surface area contributed by atoms with Crippen molar-refractivity contribution in [3.63, 3.8) is 0 Å². The van der Waals surface area contributed by atoms with Gasteiger partial charge < -0.3 is 5.32 Å². The molecule has 1 amide bonds. The number of carbonyl (C=O) groups is 1. The number of nitriles is 1. The van der Waals surface area contributed by atoms with Crippen molar-refractivity contribution in [2.75, 3.05) is 5.75 Å². The van der Waals surface area contributed by atoms with Gasteiger partial charge >= 0.3 is 0 Å². The summed E-state index contributed by atoms with van der Waals surface area (Å²) in [6.07, 6.45) is 1.82. The topological polar surface area (TPSA) is 87.0 Å². The minimum absolute atomic E-state index is 0.0992. The molecule has 5 nitrogen and oxygen atoms in total. The summed E-state index contributed by atoms with van der Waals surface area (Å²) in [4.78, 5) is 12.0. The normalized spacial score (nSPS) is 20.9. The van der Waals surface area contributed by atoms with E-state index in [9.17, 15) is 13.2 Å². The second-order valence-corrected chi connectivity index (χ2v) is 7.18. The molecule has 0 spiro atoms. The van der Waals surface area contributed by atoms with E-state index >= 15 is 0 Å². The molecule has 1 aliphatic heterocycles. The fourth-order valence-electron chi connectivity index (χ4n) is 2.25. The molecule has 0 aromatic heterocycles. The molecular formula is C14H16N2O3S. The van der Waals surface area contributed by atoms with Crippen LogP contribution in [-0.2, 0) is 21.2 Å². The molecule has 1 heterocycles. The number of hydrogen-bond acceptors (Lipinski definition) is 4. The van der Waals surface area contributed by atoms with E-state index in [0.717, 1.165) is 12.0 Å². The van der Waals surface area contributed by atoms with Crippen LogP contribution in [0.3, 0.4) is 0 Å². The Morgan fingerprint density at radius 3 is 2.60 bits per heavy atom. The Hall–Kier alpha value is -1.87. The predicted molar refractivity (Wildman–Crippen MR) is 74.4 cm³/mol. The van der Waals surface area contributed by atoms with Crippen LogP contribution < -0.4 is 5.32 Å². The van der Waals surface area contributed by atoms with Gasteiger partial charge in [-0.25, -0.2) is 8.42 Å². The van der Waals surface area contributed by atoms with Crippen LogP contribution in [0.2, 0.25) is 0 Å². The Morgan fingerprint density at radius 1 is 1.30 bits per heavy atom. The van der Waals surface area contributed by atoms with Crippen molar-refractivity contribution in [1.29, 1.82) is 5.26 Å². The highest BCUT2D eigenvalue weighted by atomic mass is 32.2. The van der Waals surface area contributed by atoms with Crippen molar-refractivity contribution in [2.24, 2.45) is 0 Å². The number of nitrogens with zero attached hydrogens (tertiary/aromatic N) is 1. The summed E-state index contributed by atoms with van der Waals surface area (Å²) in [6.45, 7) is 0.274. The highest BCUT2D eigenvalue weighted by molar-refractivity contribution is 7.92. The van der Waals surface area contributed by atoms with E-state index in [4.69, 9.17) is 5.26 Å². The first-order chi connectivity index (χ1) is 9.53. The monoisotopic (exact) mass is 292 g/mol. The molecule has 1 aromatic carbocycles. The highest BCUT2D eigenvalue weighted by Gasteiger charge is 2.34. The molecule has 6 heteroatoms. The van der Waals surface area contributed by atoms with Gasteiger partial charge in [-0.15, -0.1) is 0 Å². The summed E-state index contributed by atoms with van der Waals surface area (Å²) >= 11 is 0. The van der Waals surface area contributed by atoms with E-state index in [1.165, 1.54) is 0 Å². The molecule has 2 rings (SSSR count). The maximum atomic E-state index is 12.0. The van der Waals surface area contributed by atoms with E-state index in [-0.39, 0.29) is 12.3 Å². The zero-order chi connectivity index (χ0) is 14.6. The quantitative estimate of drug-likeness (QED) is 0.905. The first-order valence-electron chi connectivity index (χ1n) is 6.51. The molecule has 0 bridgehead atoms. The Labute approximate surface area is 118 Å². The van der Waals surface area contributed by atoms with Gasteiger partial charge in [-0.05, 0) is 30.5 Å². The molecule has 1 aliphatic rings. The zero-order valence-corrected chi connectivity index (χ0v) is 11.8. The Morgan fingerprint density at radius 2 is 2.00 bits per heavy atom. The van der Waals surface area contributed by atoms with Crippen molar-refractivity contribution in [3.05, 3.63) is 35.4 Å². The van der Waals surface area contributed by atoms with E-state index < -0.39 is 21.0 Å². The van der Waals surface area contributed by atoms with Crippen LogP contribution in [0.4, 0.5) is 0 Å². The van der Waals surface area contributed by atoms with Crippen molar-refractivity contribution in [3.8, 4) is 6.07 Å². The number of nitrogens with one attached hydrogen (secondary N) is 1. The molecule has 20 heavy (non-hydrogen) atoms. The number of sulfone groups is 1. The average molecular weight is 292 g/mol. The summed E-state index contributed by atoms with van der Waals surface area (Å²) in [6, 6.07) is 8.83. The molecule has 0 saturated carbocycles. The zero-order valence-electron chi connectivity index (χ0n) is 11.0. The van der Waals surface area contributed by atoms with Crippen LogP contribution in [0.5, 0.6) is 0 Å². The summed E-state index contributed by atoms with van der Waals surface area (Å²) in [5.74, 6) is -0.323. The summed E-state index contributed by atoms with van der Waals surface area (Å²) in [7, 11) is -3.29. The number of hydrogen-bond donors (Lipinski definition) is 1. The molecule has 1 saturated heterocycles. The van der Waals surface area contributed by atoms with Crippen LogP contribution in [0.15, 0.2) is 24.3 Å². The molecule has 1 unspecified atom stereocenters. The highest BCUT2D eigenvalue weighted by Crippen LogP contribution is 2.19. The molecule has 0 radical (unpaired) electrons. The minimum atomic E-state index is -3.29. The van der Waals surface area contributed by atoms with Gasteiger partial charge in [-0.2, -0.15) is 5.26 Å². The molecular weight excluding hydrogens is 276 g/mol. The minimum Gasteiger partial charge on any atom is -0.351 e. The standard InChI is InChI=1S/C14H16N2O3S/c15-9-11-4-6-12(7-5-11)10-16-14(17)13-3-1-2-8-20(13,18)19/h4-7,13H,1-3,8,10H2,(H,16,17). The molecule has 1 fully saturated rings. The van der Waals surface area contributed by atoms with Crippen LogP contribution in [0.1, 0.15) is 30.4 Å². The molecule has 1 atom stereocenters. The summed E-state index contributed by atoms with van der Waals surface area (Å²) in [5.41, 5.74) is 1.39. The average Bonchev–Trinajstić information content (AvgIpc) is 2.45. The Balaban J connectivity index is 1.96. The first-order valence-corrected chi connectivity index (χ1v) is 8.23. The summed E-state index contributed by atoms with van der Waals surface area (Å²) < 4.78 is 23.6. The fraction of sp³-hybridized carbons (Fsp3) is 0.429. The lowest BCUT2D eigenvalue weighted by atomic mass is 10.1. The van der Waals surface area contributed by atoms with Gasteiger partial charge in [0.1, 0.15) is 5.25 Å². The van der Waals surface area contributed by atoms with Crippen molar-refractivity contribution >= 4 is 15.7 Å². The van der Waals surface area contributed by atoms with Crippen LogP contribution in [0.25, 0.3) is 0 Å². The molecule has 1 aromatic rings. The van der Waals surface area contributed by atoms with Crippen LogP contribution in [0, 0.1) is 11.3 Å². The van der Waals surface area contributed by atoms with Crippen molar-refractivity contribution in [1.82, 2.24) is 5.32 Å². The third-order valence-electron chi connectivity index (χ3n) is 3.42. The first kappa shape index (κ1) is 14.5. The number of amides is 1. The van der Waals surface area contributed by atoms with Gasteiger partial charge in [-0.1, -0.05) is 18.6 Å². The second kappa shape index (κ2) is 6.06. The second-order valence-electron chi connectivity index (χ2n) is 4.88. The van der Waals surface area contributed by atoms with Crippen molar-refractivity contribution < 1.29 is 13.2 Å². The molecule has 1 N–H and O–H groups in total. The largest absolute Gasteiger partial charge is 0.351 e. The van der Waals surface area contributed by atoms with Gasteiger partial charge in [0.15, 0.2) is 9.84 Å². The molecule has 106 valence electrons. The third kappa shape index (κ3) is 3.36. The fourth-order valence-corrected chi connectivity index (χ4v) is 4.08. The van der Waals surface area contributed by atoms with Gasteiger partial charge in [0.2, 0.25) is 5.91 Å².